The maximum absolute atomic E-state index is 5.99. The van der Waals surface area contributed by atoms with Gasteiger partial charge < -0.3 is 9.47 Å². The van der Waals surface area contributed by atoms with Gasteiger partial charge in [0.2, 0.25) is 0 Å². The molecule has 0 saturated carbocycles. The number of hydrogen-bond acceptors (Lipinski definition) is 2. The Morgan fingerprint density at radius 3 is 2.67 bits per heavy atom. The van der Waals surface area contributed by atoms with Gasteiger partial charge in [0.05, 0.1) is 13.2 Å². The SMILES string of the molecule is CC1(C)CC=CC=C1c1cc(OCCCBr)ccc1OCCCCl. The number of halogens is 2. The Balaban J connectivity index is 2.30. The van der Waals surface area contributed by atoms with Gasteiger partial charge in [-0.25, -0.2) is 0 Å². The average Bonchev–Trinajstić information content (AvgIpc) is 2.56. The lowest BCUT2D eigenvalue weighted by atomic mass is 9.75. The van der Waals surface area contributed by atoms with Crippen LogP contribution in [0.5, 0.6) is 11.5 Å². The van der Waals surface area contributed by atoms with Gasteiger partial charge in [0.1, 0.15) is 11.5 Å². The number of allylic oxidation sites excluding steroid dienone is 4. The lowest BCUT2D eigenvalue weighted by Crippen LogP contribution is -2.16. The van der Waals surface area contributed by atoms with Crippen LogP contribution in [-0.4, -0.2) is 24.4 Å². The normalized spacial score (nSPS) is 15.9. The number of hydrogen-bond donors (Lipinski definition) is 0. The summed E-state index contributed by atoms with van der Waals surface area (Å²) in [6.45, 7) is 5.87. The zero-order valence-electron chi connectivity index (χ0n) is 14.5. The molecule has 2 nitrogen and oxygen atoms in total. The van der Waals surface area contributed by atoms with Crippen molar-refractivity contribution in [2.45, 2.75) is 33.1 Å². The van der Waals surface area contributed by atoms with Crippen LogP contribution in [0.3, 0.4) is 0 Å². The molecule has 0 heterocycles. The molecule has 0 saturated heterocycles. The fourth-order valence-corrected chi connectivity index (χ4v) is 3.07. The number of alkyl halides is 2. The van der Waals surface area contributed by atoms with Gasteiger partial charge in [0, 0.05) is 16.8 Å². The smallest absolute Gasteiger partial charge is 0.127 e. The molecule has 1 aromatic carbocycles. The molecule has 0 fully saturated rings. The van der Waals surface area contributed by atoms with Gasteiger partial charge in [0.15, 0.2) is 0 Å². The molecule has 2 rings (SSSR count). The van der Waals surface area contributed by atoms with Crippen molar-refractivity contribution in [1.29, 1.82) is 0 Å². The Kier molecular flexibility index (Phi) is 7.70. The van der Waals surface area contributed by atoms with E-state index in [1.165, 1.54) is 5.57 Å². The quantitative estimate of drug-likeness (QED) is 0.353. The summed E-state index contributed by atoms with van der Waals surface area (Å²) < 4.78 is 11.9. The van der Waals surface area contributed by atoms with Crippen LogP contribution >= 0.6 is 27.5 Å². The molecule has 0 spiro atoms. The van der Waals surface area contributed by atoms with E-state index in [9.17, 15) is 0 Å². The summed E-state index contributed by atoms with van der Waals surface area (Å²) in [5.41, 5.74) is 2.49. The third-order valence-corrected chi connectivity index (χ3v) is 4.91. The van der Waals surface area contributed by atoms with E-state index in [1.54, 1.807) is 0 Å². The Bertz CT molecular complexity index is 593. The van der Waals surface area contributed by atoms with Crippen molar-refractivity contribution in [1.82, 2.24) is 0 Å². The molecule has 1 aliphatic rings. The van der Waals surface area contributed by atoms with Gasteiger partial charge in [-0.1, -0.05) is 48.0 Å². The minimum absolute atomic E-state index is 0.0772. The van der Waals surface area contributed by atoms with E-state index in [0.717, 1.165) is 41.7 Å². The summed E-state index contributed by atoms with van der Waals surface area (Å²) in [6, 6.07) is 6.11. The van der Waals surface area contributed by atoms with Crippen molar-refractivity contribution in [2.24, 2.45) is 5.41 Å². The molecule has 4 heteroatoms. The molecule has 0 amide bonds. The van der Waals surface area contributed by atoms with E-state index < -0.39 is 0 Å². The molecule has 0 bridgehead atoms. The van der Waals surface area contributed by atoms with Crippen LogP contribution in [-0.2, 0) is 0 Å². The fourth-order valence-electron chi connectivity index (χ4n) is 2.73. The lowest BCUT2D eigenvalue weighted by molar-refractivity contribution is 0.308. The van der Waals surface area contributed by atoms with Crippen LogP contribution in [0.1, 0.15) is 38.7 Å². The molecule has 0 atom stereocenters. The third kappa shape index (κ3) is 5.29. The Morgan fingerprint density at radius 1 is 1.17 bits per heavy atom. The molecule has 1 aliphatic carbocycles. The maximum atomic E-state index is 5.99. The lowest BCUT2D eigenvalue weighted by Gasteiger charge is -2.30. The Labute approximate surface area is 159 Å². The molecule has 1 aromatic rings. The molecule has 0 N–H and O–H groups in total. The van der Waals surface area contributed by atoms with Crippen molar-refractivity contribution in [3.05, 3.63) is 42.0 Å². The predicted molar refractivity (Wildman–Crippen MR) is 107 cm³/mol. The number of ether oxygens (including phenoxy) is 2. The minimum atomic E-state index is 0.0772. The van der Waals surface area contributed by atoms with Crippen molar-refractivity contribution < 1.29 is 9.47 Å². The third-order valence-electron chi connectivity index (χ3n) is 4.08. The van der Waals surface area contributed by atoms with Gasteiger partial charge in [0.25, 0.3) is 0 Å². The molecule has 24 heavy (non-hydrogen) atoms. The second kappa shape index (κ2) is 9.53. The highest BCUT2D eigenvalue weighted by Crippen LogP contribution is 2.44. The zero-order chi connectivity index (χ0) is 17.4. The summed E-state index contributed by atoms with van der Waals surface area (Å²) in [6.07, 6.45) is 9.38. The monoisotopic (exact) mass is 412 g/mol. The van der Waals surface area contributed by atoms with Crippen LogP contribution in [0.15, 0.2) is 36.4 Å². The summed E-state index contributed by atoms with van der Waals surface area (Å²) in [7, 11) is 0. The van der Waals surface area contributed by atoms with Gasteiger partial charge in [-0.2, -0.15) is 0 Å². The summed E-state index contributed by atoms with van der Waals surface area (Å²) in [5.74, 6) is 2.41. The van der Waals surface area contributed by atoms with Gasteiger partial charge >= 0.3 is 0 Å². The minimum Gasteiger partial charge on any atom is -0.494 e. The molecule has 0 aliphatic heterocycles. The number of rotatable bonds is 9. The largest absolute Gasteiger partial charge is 0.494 e. The van der Waals surface area contributed by atoms with Crippen LogP contribution in [0.25, 0.3) is 5.57 Å². The van der Waals surface area contributed by atoms with Gasteiger partial charge in [-0.3, -0.25) is 0 Å². The van der Waals surface area contributed by atoms with E-state index in [-0.39, 0.29) is 5.41 Å². The summed E-state index contributed by atoms with van der Waals surface area (Å²) >= 11 is 9.21. The molecular formula is C20H26BrClO2. The van der Waals surface area contributed by atoms with Crippen LogP contribution in [0.4, 0.5) is 0 Å². The highest BCUT2D eigenvalue weighted by Gasteiger charge is 2.27. The summed E-state index contributed by atoms with van der Waals surface area (Å²) in [5, 5.41) is 0.947. The predicted octanol–water partition coefficient (Wildman–Crippen LogP) is 6.23. The first-order chi connectivity index (χ1) is 11.6. The van der Waals surface area contributed by atoms with Crippen LogP contribution < -0.4 is 9.47 Å². The van der Waals surface area contributed by atoms with Crippen molar-refractivity contribution >= 4 is 33.1 Å². The van der Waals surface area contributed by atoms with Crippen LogP contribution in [0, 0.1) is 5.41 Å². The standard InChI is InChI=1S/C20H26BrClO2/c1-20(2)10-4-3-7-18(20)17-15-16(23-13-5-11-21)8-9-19(17)24-14-6-12-22/h3-4,7-9,15H,5-6,10-14H2,1-2H3. The molecule has 0 unspecified atom stereocenters. The zero-order valence-corrected chi connectivity index (χ0v) is 16.8. The molecule has 0 radical (unpaired) electrons. The fraction of sp³-hybridized carbons (Fsp3) is 0.500. The molecule has 132 valence electrons. The van der Waals surface area contributed by atoms with E-state index in [1.807, 2.05) is 12.1 Å². The Morgan fingerprint density at radius 2 is 1.96 bits per heavy atom. The molecule has 0 aromatic heterocycles. The van der Waals surface area contributed by atoms with Crippen molar-refractivity contribution in [3.63, 3.8) is 0 Å². The van der Waals surface area contributed by atoms with E-state index >= 15 is 0 Å². The second-order valence-electron chi connectivity index (χ2n) is 6.54. The topological polar surface area (TPSA) is 18.5 Å². The first-order valence-electron chi connectivity index (χ1n) is 8.48. The molecular weight excluding hydrogens is 388 g/mol. The van der Waals surface area contributed by atoms with Crippen LogP contribution in [0.2, 0.25) is 0 Å². The van der Waals surface area contributed by atoms with E-state index in [2.05, 4.69) is 54.1 Å². The highest BCUT2D eigenvalue weighted by molar-refractivity contribution is 9.09. The number of benzene rings is 1. The van der Waals surface area contributed by atoms with E-state index in [0.29, 0.717) is 19.1 Å². The van der Waals surface area contributed by atoms with E-state index in [4.69, 9.17) is 21.1 Å². The highest BCUT2D eigenvalue weighted by atomic mass is 79.9. The second-order valence-corrected chi connectivity index (χ2v) is 7.71. The van der Waals surface area contributed by atoms with Gasteiger partial charge in [-0.15, -0.1) is 11.6 Å². The Hall–Kier alpha value is -0.930. The first-order valence-corrected chi connectivity index (χ1v) is 10.1. The average molecular weight is 414 g/mol. The first kappa shape index (κ1) is 19.4. The van der Waals surface area contributed by atoms with Crippen molar-refractivity contribution in [3.8, 4) is 11.5 Å². The maximum Gasteiger partial charge on any atom is 0.127 e. The van der Waals surface area contributed by atoms with Gasteiger partial charge in [-0.05, 0) is 48.4 Å². The summed E-state index contributed by atoms with van der Waals surface area (Å²) in [4.78, 5) is 0. The van der Waals surface area contributed by atoms with Crippen molar-refractivity contribution in [2.75, 3.05) is 24.4 Å².